The predicted octanol–water partition coefficient (Wildman–Crippen LogP) is 7.96. The number of anilines is 2. The largest absolute Gasteiger partial charge is 0.324 e. The Balaban J connectivity index is 2.05. The van der Waals surface area contributed by atoms with Crippen LogP contribution in [0.4, 0.5) is 11.6 Å². The molecule has 7 heteroatoms. The summed E-state index contributed by atoms with van der Waals surface area (Å²) < 4.78 is 1.56. The van der Waals surface area contributed by atoms with E-state index in [1.807, 2.05) is 48.5 Å². The molecule has 1 N–H and O–H groups in total. The van der Waals surface area contributed by atoms with Crippen LogP contribution in [0.5, 0.6) is 0 Å². The van der Waals surface area contributed by atoms with E-state index in [9.17, 15) is 4.79 Å². The highest BCUT2D eigenvalue weighted by Crippen LogP contribution is 2.41. The molecule has 196 valence electrons. The lowest BCUT2D eigenvalue weighted by Crippen LogP contribution is -2.43. The van der Waals surface area contributed by atoms with Crippen molar-refractivity contribution >= 4 is 42.3 Å². The van der Waals surface area contributed by atoms with Gasteiger partial charge in [0.25, 0.3) is 5.56 Å². The maximum atomic E-state index is 13.9. The lowest BCUT2D eigenvalue weighted by molar-refractivity contribution is 0.838. The average Bonchev–Trinajstić information content (AvgIpc) is 2.88. The smallest absolute Gasteiger partial charge is 0.261 e. The van der Waals surface area contributed by atoms with Gasteiger partial charge in [-0.15, -0.1) is 5.54 Å². The zero-order valence-electron chi connectivity index (χ0n) is 23.1. The molecular weight excluding hydrogens is 508 g/mol. The molecule has 0 unspecified atom stereocenters. The normalized spacial score (nSPS) is 11.8. The van der Waals surface area contributed by atoms with E-state index < -0.39 is 8.07 Å². The van der Waals surface area contributed by atoms with Crippen LogP contribution in [-0.2, 0) is 7.05 Å². The van der Waals surface area contributed by atoms with Crippen molar-refractivity contribution in [2.75, 3.05) is 5.32 Å². The van der Waals surface area contributed by atoms with Crippen molar-refractivity contribution < 1.29 is 0 Å². The van der Waals surface area contributed by atoms with Crippen LogP contribution >= 0.6 is 11.6 Å². The molecule has 0 radical (unpaired) electrons. The number of benzene rings is 2. The Morgan fingerprint density at radius 2 is 1.53 bits per heavy atom. The minimum absolute atomic E-state index is 0.190. The predicted molar refractivity (Wildman–Crippen MR) is 163 cm³/mol. The quantitative estimate of drug-likeness (QED) is 0.198. The number of aryl methyl sites for hydroxylation is 1. The van der Waals surface area contributed by atoms with Gasteiger partial charge in [-0.3, -0.25) is 9.36 Å². The first-order valence-electron chi connectivity index (χ1n) is 13.1. The summed E-state index contributed by atoms with van der Waals surface area (Å²) in [4.78, 5) is 23.3. The number of nitrogens with one attached hydrogen (secondary N) is 1. The highest BCUT2D eigenvalue weighted by molar-refractivity contribution is 6.90. The highest BCUT2D eigenvalue weighted by Gasteiger charge is 2.41. The van der Waals surface area contributed by atoms with Crippen molar-refractivity contribution in [3.8, 4) is 22.6 Å². The van der Waals surface area contributed by atoms with Crippen LogP contribution in [0.25, 0.3) is 22.2 Å². The van der Waals surface area contributed by atoms with Crippen LogP contribution in [0.1, 0.15) is 47.1 Å². The maximum Gasteiger partial charge on any atom is 0.261 e. The van der Waals surface area contributed by atoms with Gasteiger partial charge in [0.2, 0.25) is 5.95 Å². The lowest BCUT2D eigenvalue weighted by Gasteiger charge is -2.38. The van der Waals surface area contributed by atoms with Crippen molar-refractivity contribution in [3.05, 3.63) is 81.7 Å². The lowest BCUT2D eigenvalue weighted by atomic mass is 9.99. The Hall–Kier alpha value is -3.40. The number of aromatic nitrogens is 3. The number of pyridine rings is 1. The molecule has 0 atom stereocenters. The van der Waals surface area contributed by atoms with Gasteiger partial charge in [-0.05, 0) is 34.8 Å². The standard InChI is InChI=1S/C31H35ClN4OSi/c1-20(2)38(21(3)4,22(5)6)18-17-24-26-19-33-31(34-23-13-9-8-10-14-23)35-29(26)36(7)30(37)28(24)25-15-11-12-16-27(25)32/h8-16,19-22H,1-7H3,(H,33,34,35). The minimum Gasteiger partial charge on any atom is -0.324 e. The summed E-state index contributed by atoms with van der Waals surface area (Å²) in [5.41, 5.74) is 8.15. The van der Waals surface area contributed by atoms with Crippen molar-refractivity contribution in [2.45, 2.75) is 58.2 Å². The SMILES string of the molecule is CC(C)[Si](C#Cc1c(-c2ccccc2Cl)c(=O)n(C)c2nc(Nc3ccccc3)ncc12)(C(C)C)C(C)C. The summed E-state index contributed by atoms with van der Waals surface area (Å²) in [5, 5.41) is 4.47. The van der Waals surface area contributed by atoms with Gasteiger partial charge in [0, 0.05) is 35.1 Å². The molecule has 5 nitrogen and oxygen atoms in total. The van der Waals surface area contributed by atoms with Crippen molar-refractivity contribution in [1.82, 2.24) is 14.5 Å². The molecule has 38 heavy (non-hydrogen) atoms. The van der Waals surface area contributed by atoms with E-state index in [0.29, 0.717) is 49.9 Å². The number of hydrogen-bond donors (Lipinski definition) is 1. The van der Waals surface area contributed by atoms with E-state index in [4.69, 9.17) is 16.6 Å². The fourth-order valence-electron chi connectivity index (χ4n) is 5.67. The second-order valence-electron chi connectivity index (χ2n) is 10.7. The van der Waals surface area contributed by atoms with E-state index in [0.717, 1.165) is 11.1 Å². The van der Waals surface area contributed by atoms with E-state index in [2.05, 4.69) is 63.3 Å². The number of halogens is 1. The van der Waals surface area contributed by atoms with Crippen LogP contribution in [0, 0.1) is 11.5 Å². The number of rotatable bonds is 6. The molecule has 0 aliphatic rings. The number of hydrogen-bond acceptors (Lipinski definition) is 4. The van der Waals surface area contributed by atoms with Crippen LogP contribution in [-0.4, -0.2) is 22.6 Å². The molecule has 2 aromatic heterocycles. The molecule has 0 spiro atoms. The molecule has 4 rings (SSSR count). The van der Waals surface area contributed by atoms with Crippen molar-refractivity contribution in [3.63, 3.8) is 0 Å². The summed E-state index contributed by atoms with van der Waals surface area (Å²) in [6, 6.07) is 17.1. The zero-order valence-corrected chi connectivity index (χ0v) is 24.9. The van der Waals surface area contributed by atoms with E-state index in [1.54, 1.807) is 23.9 Å². The van der Waals surface area contributed by atoms with E-state index in [-0.39, 0.29) is 5.56 Å². The molecule has 0 saturated heterocycles. The Bertz CT molecular complexity index is 1560. The molecular formula is C31H35ClN4OSi. The summed E-state index contributed by atoms with van der Waals surface area (Å²) >= 11 is 6.63. The Morgan fingerprint density at radius 3 is 2.13 bits per heavy atom. The molecule has 0 bridgehead atoms. The first-order valence-corrected chi connectivity index (χ1v) is 15.7. The molecule has 0 aliphatic heterocycles. The summed E-state index contributed by atoms with van der Waals surface area (Å²) in [6.45, 7) is 13.7. The first kappa shape index (κ1) is 27.6. The highest BCUT2D eigenvalue weighted by atomic mass is 35.5. The van der Waals surface area contributed by atoms with Gasteiger partial charge in [0.1, 0.15) is 13.7 Å². The van der Waals surface area contributed by atoms with Gasteiger partial charge in [-0.2, -0.15) is 4.98 Å². The molecule has 0 fully saturated rings. The van der Waals surface area contributed by atoms with Crippen LogP contribution in [0.2, 0.25) is 21.6 Å². The Kier molecular flexibility index (Phi) is 8.10. The summed E-state index contributed by atoms with van der Waals surface area (Å²) in [6.07, 6.45) is 1.76. The fourth-order valence-corrected chi connectivity index (χ4v) is 11.1. The molecule has 2 aromatic carbocycles. The topological polar surface area (TPSA) is 59.8 Å². The number of para-hydroxylation sites is 1. The van der Waals surface area contributed by atoms with Gasteiger partial charge in [-0.25, -0.2) is 4.98 Å². The Morgan fingerprint density at radius 1 is 0.921 bits per heavy atom. The first-order chi connectivity index (χ1) is 18.1. The monoisotopic (exact) mass is 542 g/mol. The van der Waals surface area contributed by atoms with E-state index in [1.165, 1.54) is 0 Å². The third-order valence-electron chi connectivity index (χ3n) is 7.57. The Labute approximate surface area is 231 Å². The van der Waals surface area contributed by atoms with Gasteiger partial charge >= 0.3 is 0 Å². The molecule has 0 aliphatic carbocycles. The summed E-state index contributed by atoms with van der Waals surface area (Å²) in [7, 11) is -0.351. The van der Waals surface area contributed by atoms with Gasteiger partial charge in [0.05, 0.1) is 10.9 Å². The van der Waals surface area contributed by atoms with Crippen LogP contribution in [0.15, 0.2) is 65.6 Å². The molecule has 0 saturated carbocycles. The minimum atomic E-state index is -2.08. The average molecular weight is 543 g/mol. The van der Waals surface area contributed by atoms with Crippen LogP contribution < -0.4 is 10.9 Å². The zero-order chi connectivity index (χ0) is 27.6. The molecule has 0 amide bonds. The second kappa shape index (κ2) is 11.1. The summed E-state index contributed by atoms with van der Waals surface area (Å²) in [5.74, 6) is 3.96. The van der Waals surface area contributed by atoms with Crippen molar-refractivity contribution in [2.24, 2.45) is 7.05 Å². The molecule has 2 heterocycles. The van der Waals surface area contributed by atoms with Gasteiger partial charge in [-0.1, -0.05) is 95.5 Å². The van der Waals surface area contributed by atoms with E-state index >= 15 is 0 Å². The van der Waals surface area contributed by atoms with Gasteiger partial charge in [0.15, 0.2) is 0 Å². The number of fused-ring (bicyclic) bond motifs is 1. The molecule has 4 aromatic rings. The van der Waals surface area contributed by atoms with Gasteiger partial charge < -0.3 is 5.32 Å². The second-order valence-corrected chi connectivity index (χ2v) is 16.7. The third kappa shape index (κ3) is 5.01. The third-order valence-corrected chi connectivity index (χ3v) is 14.2. The maximum absolute atomic E-state index is 13.9. The van der Waals surface area contributed by atoms with Crippen LogP contribution in [0.3, 0.4) is 0 Å². The fraction of sp³-hybridized carbons (Fsp3) is 0.323. The van der Waals surface area contributed by atoms with Crippen molar-refractivity contribution in [1.29, 1.82) is 0 Å². The number of nitrogens with zero attached hydrogens (tertiary/aromatic N) is 3.